The van der Waals surface area contributed by atoms with Crippen molar-refractivity contribution in [2.45, 2.75) is 32.8 Å². The maximum Gasteiger partial charge on any atom is 0.252 e. The average Bonchev–Trinajstić information content (AvgIpc) is 2.93. The van der Waals surface area contributed by atoms with Crippen molar-refractivity contribution in [3.63, 3.8) is 0 Å². The van der Waals surface area contributed by atoms with Gasteiger partial charge >= 0.3 is 0 Å². The first-order chi connectivity index (χ1) is 9.74. The van der Waals surface area contributed by atoms with Crippen LogP contribution in [0.2, 0.25) is 0 Å². The summed E-state index contributed by atoms with van der Waals surface area (Å²) < 4.78 is 5.62. The standard InChI is InChI=1S/C15H23N3O2/c1-3-13-11(7-8-20-13)9-18-15(19)12-5-6-14(16-4-2)17-10-12/h5-6,10-11,13H,3-4,7-9H2,1-2H3,(H,16,17)(H,18,19). The lowest BCUT2D eigenvalue weighted by molar-refractivity contribution is 0.0827. The summed E-state index contributed by atoms with van der Waals surface area (Å²) in [6.07, 6.45) is 3.91. The molecule has 0 spiro atoms. The molecule has 5 nitrogen and oxygen atoms in total. The highest BCUT2D eigenvalue weighted by Gasteiger charge is 2.26. The molecule has 20 heavy (non-hydrogen) atoms. The van der Waals surface area contributed by atoms with Gasteiger partial charge in [0, 0.05) is 31.8 Å². The van der Waals surface area contributed by atoms with Gasteiger partial charge in [-0.25, -0.2) is 4.98 Å². The summed E-state index contributed by atoms with van der Waals surface area (Å²) in [6, 6.07) is 3.62. The number of hydrogen-bond acceptors (Lipinski definition) is 4. The maximum atomic E-state index is 12.1. The molecule has 1 amide bonds. The molecule has 2 heterocycles. The van der Waals surface area contributed by atoms with Gasteiger partial charge in [-0.1, -0.05) is 6.92 Å². The van der Waals surface area contributed by atoms with Crippen LogP contribution in [0, 0.1) is 5.92 Å². The Labute approximate surface area is 120 Å². The Morgan fingerprint density at radius 1 is 1.45 bits per heavy atom. The zero-order chi connectivity index (χ0) is 14.4. The van der Waals surface area contributed by atoms with Crippen LogP contribution in [0.5, 0.6) is 0 Å². The van der Waals surface area contributed by atoms with E-state index >= 15 is 0 Å². The zero-order valence-corrected chi connectivity index (χ0v) is 12.2. The largest absolute Gasteiger partial charge is 0.378 e. The third-order valence-corrected chi connectivity index (χ3v) is 3.66. The number of ether oxygens (including phenoxy) is 1. The SMILES string of the molecule is CCNc1ccc(C(=O)NCC2CCOC2CC)cn1. The summed E-state index contributed by atoms with van der Waals surface area (Å²) in [5.41, 5.74) is 0.596. The smallest absolute Gasteiger partial charge is 0.252 e. The number of carbonyl (C=O) groups is 1. The van der Waals surface area contributed by atoms with Gasteiger partial charge in [-0.05, 0) is 31.9 Å². The van der Waals surface area contributed by atoms with E-state index in [9.17, 15) is 4.79 Å². The molecule has 2 N–H and O–H groups in total. The summed E-state index contributed by atoms with van der Waals surface area (Å²) in [5.74, 6) is 1.15. The van der Waals surface area contributed by atoms with Gasteiger partial charge < -0.3 is 15.4 Å². The Hall–Kier alpha value is -1.62. The number of nitrogens with one attached hydrogen (secondary N) is 2. The zero-order valence-electron chi connectivity index (χ0n) is 12.2. The number of pyridine rings is 1. The van der Waals surface area contributed by atoms with Gasteiger partial charge in [-0.3, -0.25) is 4.79 Å². The molecule has 1 aliphatic heterocycles. The molecular formula is C15H23N3O2. The minimum absolute atomic E-state index is 0.0673. The topological polar surface area (TPSA) is 63.2 Å². The maximum absolute atomic E-state index is 12.1. The predicted octanol–water partition coefficient (Wildman–Crippen LogP) is 2.06. The average molecular weight is 277 g/mol. The lowest BCUT2D eigenvalue weighted by atomic mass is 9.99. The molecule has 1 aliphatic rings. The molecule has 0 radical (unpaired) electrons. The molecule has 110 valence electrons. The highest BCUT2D eigenvalue weighted by atomic mass is 16.5. The molecule has 1 saturated heterocycles. The van der Waals surface area contributed by atoms with E-state index in [2.05, 4.69) is 22.5 Å². The van der Waals surface area contributed by atoms with E-state index in [0.717, 1.165) is 31.8 Å². The van der Waals surface area contributed by atoms with Gasteiger partial charge in [0.2, 0.25) is 0 Å². The van der Waals surface area contributed by atoms with Crippen LogP contribution in [-0.4, -0.2) is 36.7 Å². The first-order valence-electron chi connectivity index (χ1n) is 7.34. The molecule has 0 aliphatic carbocycles. The van der Waals surface area contributed by atoms with Crippen molar-refractivity contribution in [2.75, 3.05) is 25.0 Å². The van der Waals surface area contributed by atoms with Crippen LogP contribution < -0.4 is 10.6 Å². The molecular weight excluding hydrogens is 254 g/mol. The van der Waals surface area contributed by atoms with Crippen molar-refractivity contribution in [2.24, 2.45) is 5.92 Å². The van der Waals surface area contributed by atoms with Crippen LogP contribution in [0.1, 0.15) is 37.0 Å². The van der Waals surface area contributed by atoms with Crippen LogP contribution in [0.15, 0.2) is 18.3 Å². The van der Waals surface area contributed by atoms with E-state index in [-0.39, 0.29) is 12.0 Å². The van der Waals surface area contributed by atoms with Crippen molar-refractivity contribution in [1.29, 1.82) is 0 Å². The highest BCUT2D eigenvalue weighted by molar-refractivity contribution is 5.94. The highest BCUT2D eigenvalue weighted by Crippen LogP contribution is 2.22. The van der Waals surface area contributed by atoms with Crippen molar-refractivity contribution >= 4 is 11.7 Å². The number of rotatable bonds is 6. The van der Waals surface area contributed by atoms with Crippen LogP contribution in [0.4, 0.5) is 5.82 Å². The van der Waals surface area contributed by atoms with E-state index in [1.165, 1.54) is 0 Å². The fourth-order valence-corrected chi connectivity index (χ4v) is 2.52. The van der Waals surface area contributed by atoms with Crippen molar-refractivity contribution < 1.29 is 9.53 Å². The molecule has 0 saturated carbocycles. The Kier molecular flexibility index (Phi) is 5.35. The van der Waals surface area contributed by atoms with E-state index in [1.807, 2.05) is 13.0 Å². The second-order valence-corrected chi connectivity index (χ2v) is 5.04. The molecule has 0 bridgehead atoms. The normalized spacial score (nSPS) is 21.7. The van der Waals surface area contributed by atoms with E-state index in [4.69, 9.17) is 4.74 Å². The van der Waals surface area contributed by atoms with Gasteiger partial charge in [-0.15, -0.1) is 0 Å². The van der Waals surface area contributed by atoms with E-state index in [1.54, 1.807) is 12.3 Å². The van der Waals surface area contributed by atoms with Crippen LogP contribution in [0.3, 0.4) is 0 Å². The van der Waals surface area contributed by atoms with Crippen LogP contribution >= 0.6 is 0 Å². The fourth-order valence-electron chi connectivity index (χ4n) is 2.52. The first-order valence-corrected chi connectivity index (χ1v) is 7.34. The Morgan fingerprint density at radius 2 is 2.30 bits per heavy atom. The molecule has 1 fully saturated rings. The first kappa shape index (κ1) is 14.8. The molecule has 2 rings (SSSR count). The molecule has 5 heteroatoms. The van der Waals surface area contributed by atoms with Crippen LogP contribution in [0.25, 0.3) is 0 Å². The third kappa shape index (κ3) is 3.70. The lowest BCUT2D eigenvalue weighted by Crippen LogP contribution is -2.32. The fraction of sp³-hybridized carbons (Fsp3) is 0.600. The minimum atomic E-state index is -0.0673. The Bertz CT molecular complexity index is 433. The van der Waals surface area contributed by atoms with E-state index in [0.29, 0.717) is 18.0 Å². The minimum Gasteiger partial charge on any atom is -0.378 e. The summed E-state index contributed by atoms with van der Waals surface area (Å²) in [5, 5.41) is 6.08. The van der Waals surface area contributed by atoms with Gasteiger partial charge in [0.1, 0.15) is 5.82 Å². The second kappa shape index (κ2) is 7.24. The van der Waals surface area contributed by atoms with Gasteiger partial charge in [0.05, 0.1) is 11.7 Å². The number of nitrogens with zero attached hydrogens (tertiary/aromatic N) is 1. The monoisotopic (exact) mass is 277 g/mol. The van der Waals surface area contributed by atoms with Gasteiger partial charge in [0.25, 0.3) is 5.91 Å². The number of hydrogen-bond donors (Lipinski definition) is 2. The molecule has 2 atom stereocenters. The van der Waals surface area contributed by atoms with Crippen molar-refractivity contribution in [3.05, 3.63) is 23.9 Å². The van der Waals surface area contributed by atoms with Gasteiger partial charge in [0.15, 0.2) is 0 Å². The Morgan fingerprint density at radius 3 is 2.95 bits per heavy atom. The van der Waals surface area contributed by atoms with Crippen molar-refractivity contribution in [3.8, 4) is 0 Å². The second-order valence-electron chi connectivity index (χ2n) is 5.04. The summed E-state index contributed by atoms with van der Waals surface area (Å²) in [7, 11) is 0. The summed E-state index contributed by atoms with van der Waals surface area (Å²) in [4.78, 5) is 16.3. The predicted molar refractivity (Wildman–Crippen MR) is 78.9 cm³/mol. The molecule has 2 unspecified atom stereocenters. The summed E-state index contributed by atoms with van der Waals surface area (Å²) >= 11 is 0. The molecule has 0 aromatic carbocycles. The number of aromatic nitrogens is 1. The van der Waals surface area contributed by atoms with E-state index < -0.39 is 0 Å². The molecule has 1 aromatic heterocycles. The van der Waals surface area contributed by atoms with Crippen LogP contribution in [-0.2, 0) is 4.74 Å². The Balaban J connectivity index is 1.85. The lowest BCUT2D eigenvalue weighted by Gasteiger charge is -2.17. The van der Waals surface area contributed by atoms with Crippen molar-refractivity contribution in [1.82, 2.24) is 10.3 Å². The third-order valence-electron chi connectivity index (χ3n) is 3.66. The van der Waals surface area contributed by atoms with Gasteiger partial charge in [-0.2, -0.15) is 0 Å². The number of anilines is 1. The quantitative estimate of drug-likeness (QED) is 0.835. The number of carbonyl (C=O) groups excluding carboxylic acids is 1. The summed E-state index contributed by atoms with van der Waals surface area (Å²) in [6.45, 7) is 6.42. The molecule has 1 aromatic rings. The number of amides is 1.